The largest absolute Gasteiger partial charge is 0.485 e. The van der Waals surface area contributed by atoms with E-state index in [9.17, 15) is 42.2 Å². The fourth-order valence-electron chi connectivity index (χ4n) is 1.42. The van der Waals surface area contributed by atoms with Gasteiger partial charge in [-0.1, -0.05) is 0 Å². The summed E-state index contributed by atoms with van der Waals surface area (Å²) in [6, 6.07) is -0.224. The highest BCUT2D eigenvalue weighted by Crippen LogP contribution is 2.48. The van der Waals surface area contributed by atoms with Crippen LogP contribution in [0.5, 0.6) is 5.75 Å². The van der Waals surface area contributed by atoms with E-state index in [0.29, 0.717) is 0 Å². The number of hydrogen-bond acceptors (Lipinski definition) is 5. The van der Waals surface area contributed by atoms with E-state index >= 15 is 0 Å². The van der Waals surface area contributed by atoms with Gasteiger partial charge in [-0.15, -0.1) is 0 Å². The van der Waals surface area contributed by atoms with Gasteiger partial charge in [0, 0.05) is 17.7 Å². The molecule has 0 saturated carbocycles. The Hall–Kier alpha value is -2.53. The van der Waals surface area contributed by atoms with E-state index in [1.165, 1.54) is 0 Å². The first-order chi connectivity index (χ1) is 9.43. The highest BCUT2D eigenvalue weighted by molar-refractivity contribution is 5.62. The molecule has 0 aliphatic rings. The molecular formula is C9H5F5N2O5. The van der Waals surface area contributed by atoms with Gasteiger partial charge in [-0.25, -0.2) is 0 Å². The summed E-state index contributed by atoms with van der Waals surface area (Å²) in [6.45, 7) is 0. The summed E-state index contributed by atoms with van der Waals surface area (Å²) in [4.78, 5) is 18.6. The van der Waals surface area contributed by atoms with Gasteiger partial charge in [0.05, 0.1) is 17.0 Å². The van der Waals surface area contributed by atoms with Crippen molar-refractivity contribution in [3.8, 4) is 5.75 Å². The average molecular weight is 316 g/mol. The maximum absolute atomic E-state index is 13.2. The molecule has 0 aromatic heterocycles. The maximum Gasteiger partial charge on any atom is 0.458 e. The van der Waals surface area contributed by atoms with Crippen LogP contribution in [0.25, 0.3) is 0 Å². The molecule has 116 valence electrons. The van der Waals surface area contributed by atoms with E-state index in [0.717, 1.165) is 7.11 Å². The monoisotopic (exact) mass is 316 g/mol. The lowest BCUT2D eigenvalue weighted by atomic mass is 10.1. The Labute approximate surface area is 112 Å². The van der Waals surface area contributed by atoms with Gasteiger partial charge in [-0.3, -0.25) is 20.2 Å². The summed E-state index contributed by atoms with van der Waals surface area (Å²) in [5, 5.41) is 21.3. The van der Waals surface area contributed by atoms with Crippen LogP contribution in [0.15, 0.2) is 12.1 Å². The Bertz CT molecular complexity index is 566. The van der Waals surface area contributed by atoms with Crippen molar-refractivity contribution in [2.45, 2.75) is 12.1 Å². The third kappa shape index (κ3) is 2.83. The highest BCUT2D eigenvalue weighted by atomic mass is 19.4. The van der Waals surface area contributed by atoms with Crippen LogP contribution in [0.2, 0.25) is 0 Å². The molecule has 0 saturated heterocycles. The molecule has 0 spiro atoms. The molecule has 1 aromatic rings. The standard InChI is InChI=1S/C9H5F5N2O5/c1-21-7-5(15(17)18)2-4(3-6(7)16(19)20)8(10,11)9(12,13)14/h2-3H,1H3. The molecule has 0 bridgehead atoms. The Morgan fingerprint density at radius 3 is 1.62 bits per heavy atom. The molecule has 1 rings (SSSR count). The van der Waals surface area contributed by atoms with Gasteiger partial charge in [0.2, 0.25) is 0 Å². The molecule has 21 heavy (non-hydrogen) atoms. The van der Waals surface area contributed by atoms with E-state index in [1.54, 1.807) is 0 Å². The lowest BCUT2D eigenvalue weighted by Gasteiger charge is -2.19. The summed E-state index contributed by atoms with van der Waals surface area (Å²) < 4.78 is 67.4. The summed E-state index contributed by atoms with van der Waals surface area (Å²) in [5.41, 5.74) is -4.66. The Morgan fingerprint density at radius 1 is 1.00 bits per heavy atom. The minimum atomic E-state index is -6.07. The normalized spacial score (nSPS) is 12.1. The second-order valence-electron chi connectivity index (χ2n) is 3.63. The number of methoxy groups -OCH3 is 1. The first-order valence-electron chi connectivity index (χ1n) is 4.89. The number of ether oxygens (including phenoxy) is 1. The van der Waals surface area contributed by atoms with E-state index in [-0.39, 0.29) is 12.1 Å². The number of alkyl halides is 5. The second-order valence-corrected chi connectivity index (χ2v) is 3.63. The Morgan fingerprint density at radius 2 is 1.38 bits per heavy atom. The van der Waals surface area contributed by atoms with E-state index in [4.69, 9.17) is 0 Å². The van der Waals surface area contributed by atoms with Gasteiger partial charge in [0.15, 0.2) is 0 Å². The molecule has 0 N–H and O–H groups in total. The zero-order valence-corrected chi connectivity index (χ0v) is 9.98. The number of halogens is 5. The van der Waals surface area contributed by atoms with Crippen LogP contribution < -0.4 is 4.74 Å². The topological polar surface area (TPSA) is 95.5 Å². The molecule has 0 unspecified atom stereocenters. The highest BCUT2D eigenvalue weighted by Gasteiger charge is 2.59. The summed E-state index contributed by atoms with van der Waals surface area (Å²) in [7, 11) is 0.775. The molecule has 0 heterocycles. The molecule has 12 heteroatoms. The van der Waals surface area contributed by atoms with Crippen LogP contribution in [-0.2, 0) is 5.92 Å². The first-order valence-corrected chi connectivity index (χ1v) is 4.89. The zero-order valence-electron chi connectivity index (χ0n) is 9.98. The molecule has 0 aliphatic carbocycles. The molecular weight excluding hydrogens is 311 g/mol. The molecule has 7 nitrogen and oxygen atoms in total. The van der Waals surface area contributed by atoms with Gasteiger partial charge in [0.25, 0.3) is 5.75 Å². The van der Waals surface area contributed by atoms with Crippen LogP contribution in [0.3, 0.4) is 0 Å². The van der Waals surface area contributed by atoms with Crippen molar-refractivity contribution < 1.29 is 36.5 Å². The van der Waals surface area contributed by atoms with Crippen molar-refractivity contribution in [1.29, 1.82) is 0 Å². The molecule has 0 radical (unpaired) electrons. The number of nitrogens with zero attached hydrogens (tertiary/aromatic N) is 2. The second kappa shape index (κ2) is 5.10. The Balaban J connectivity index is 3.72. The smallest absolute Gasteiger partial charge is 0.458 e. The predicted octanol–water partition coefficient (Wildman–Crippen LogP) is 3.17. The minimum absolute atomic E-state index is 0.112. The van der Waals surface area contributed by atoms with Gasteiger partial charge in [-0.05, 0) is 0 Å². The van der Waals surface area contributed by atoms with E-state index < -0.39 is 44.6 Å². The average Bonchev–Trinajstić information content (AvgIpc) is 2.35. The summed E-state index contributed by atoms with van der Waals surface area (Å²) in [6.07, 6.45) is -6.07. The summed E-state index contributed by atoms with van der Waals surface area (Å²) in [5.74, 6) is -6.51. The molecule has 0 amide bonds. The first kappa shape index (κ1) is 16.5. The molecule has 1 aromatic carbocycles. The van der Waals surface area contributed by atoms with Gasteiger partial charge in [-0.2, -0.15) is 22.0 Å². The van der Waals surface area contributed by atoms with Crippen LogP contribution in [0.1, 0.15) is 5.56 Å². The van der Waals surface area contributed by atoms with Crippen molar-refractivity contribution in [2.24, 2.45) is 0 Å². The molecule has 0 fully saturated rings. The maximum atomic E-state index is 13.2. The quantitative estimate of drug-likeness (QED) is 0.483. The number of nitro benzene ring substituents is 2. The van der Waals surface area contributed by atoms with Gasteiger partial charge >= 0.3 is 23.5 Å². The fourth-order valence-corrected chi connectivity index (χ4v) is 1.42. The van der Waals surface area contributed by atoms with Crippen molar-refractivity contribution in [1.82, 2.24) is 0 Å². The lowest BCUT2D eigenvalue weighted by molar-refractivity contribution is -0.396. The summed E-state index contributed by atoms with van der Waals surface area (Å²) >= 11 is 0. The van der Waals surface area contributed by atoms with Gasteiger partial charge < -0.3 is 4.74 Å². The minimum Gasteiger partial charge on any atom is -0.485 e. The zero-order chi connectivity index (χ0) is 16.6. The van der Waals surface area contributed by atoms with Crippen LogP contribution >= 0.6 is 0 Å². The fraction of sp³-hybridized carbons (Fsp3) is 0.333. The Kier molecular flexibility index (Phi) is 4.02. The van der Waals surface area contributed by atoms with E-state index in [2.05, 4.69) is 4.74 Å². The van der Waals surface area contributed by atoms with Crippen LogP contribution in [-0.4, -0.2) is 23.1 Å². The van der Waals surface area contributed by atoms with Crippen LogP contribution in [0.4, 0.5) is 33.3 Å². The lowest BCUT2D eigenvalue weighted by Crippen LogP contribution is -2.33. The third-order valence-corrected chi connectivity index (χ3v) is 2.37. The molecule has 0 atom stereocenters. The van der Waals surface area contributed by atoms with Crippen LogP contribution in [0, 0.1) is 20.2 Å². The van der Waals surface area contributed by atoms with Crippen molar-refractivity contribution in [2.75, 3.05) is 7.11 Å². The predicted molar refractivity (Wildman–Crippen MR) is 56.3 cm³/mol. The van der Waals surface area contributed by atoms with Crippen molar-refractivity contribution >= 4 is 11.4 Å². The SMILES string of the molecule is COc1c([N+](=O)[O-])cc(C(F)(F)C(F)(F)F)cc1[N+](=O)[O-]. The third-order valence-electron chi connectivity index (χ3n) is 2.37. The van der Waals surface area contributed by atoms with Crippen molar-refractivity contribution in [3.05, 3.63) is 37.9 Å². The molecule has 0 aliphatic heterocycles. The number of benzene rings is 1. The van der Waals surface area contributed by atoms with Gasteiger partial charge in [0.1, 0.15) is 0 Å². The van der Waals surface area contributed by atoms with E-state index in [1.807, 2.05) is 0 Å². The number of hydrogen-bond donors (Lipinski definition) is 0. The van der Waals surface area contributed by atoms with Crippen molar-refractivity contribution in [3.63, 3.8) is 0 Å². The number of rotatable bonds is 4. The number of nitro groups is 2.